The van der Waals surface area contributed by atoms with E-state index in [2.05, 4.69) is 16.0 Å². The number of rotatable bonds is 15. The van der Waals surface area contributed by atoms with Gasteiger partial charge in [-0.3, -0.25) is 24.4 Å². The first-order chi connectivity index (χ1) is 25.2. The van der Waals surface area contributed by atoms with Gasteiger partial charge in [0.15, 0.2) is 0 Å². The highest BCUT2D eigenvalue weighted by atomic mass is 32.2. The summed E-state index contributed by atoms with van der Waals surface area (Å²) in [6, 6.07) is 18.8. The highest BCUT2D eigenvalue weighted by Crippen LogP contribution is 2.26. The molecule has 3 aromatic rings. The van der Waals surface area contributed by atoms with Crippen molar-refractivity contribution in [2.45, 2.75) is 76.3 Å². The zero-order valence-corrected chi connectivity index (χ0v) is 31.3. The van der Waals surface area contributed by atoms with Crippen LogP contribution in [-0.2, 0) is 35.6 Å². The van der Waals surface area contributed by atoms with E-state index in [4.69, 9.17) is 0 Å². The van der Waals surface area contributed by atoms with Gasteiger partial charge in [-0.05, 0) is 80.0 Å². The number of aliphatic carboxylic acids is 1. The maximum atomic E-state index is 13.5. The van der Waals surface area contributed by atoms with Crippen molar-refractivity contribution in [2.75, 3.05) is 30.8 Å². The third-order valence-corrected chi connectivity index (χ3v) is 10.9. The van der Waals surface area contributed by atoms with E-state index in [1.165, 1.54) is 24.2 Å². The van der Waals surface area contributed by atoms with Crippen molar-refractivity contribution >= 4 is 51.1 Å². The molecule has 5 amide bonds. The first-order valence-corrected chi connectivity index (χ1v) is 19.0. The average molecular weight is 749 g/mol. The summed E-state index contributed by atoms with van der Waals surface area (Å²) in [5, 5.41) is 20.4. The predicted octanol–water partition coefficient (Wildman–Crippen LogP) is 4.63. The molecule has 14 nitrogen and oxygen atoms in total. The molecule has 3 aromatic carbocycles. The Kier molecular flexibility index (Phi) is 14.1. The number of urea groups is 1. The molecule has 0 radical (unpaired) electrons. The molecule has 0 bridgehead atoms. The summed E-state index contributed by atoms with van der Waals surface area (Å²) < 4.78 is 27.7. The van der Waals surface area contributed by atoms with Crippen LogP contribution in [0.4, 0.5) is 16.2 Å². The average Bonchev–Trinajstić information content (AvgIpc) is 3.64. The smallest absolute Gasteiger partial charge is 0.326 e. The number of likely N-dealkylation sites (N-methyl/N-ethyl adjacent to an activating group) is 1. The Bertz CT molecular complexity index is 1870. The van der Waals surface area contributed by atoms with Crippen LogP contribution >= 0.6 is 0 Å². The van der Waals surface area contributed by atoms with Crippen LogP contribution in [0.3, 0.4) is 0 Å². The number of carboxylic acid groups (broad SMARTS) is 1. The second kappa shape index (κ2) is 18.5. The lowest BCUT2D eigenvalue weighted by Gasteiger charge is -2.33. The van der Waals surface area contributed by atoms with Gasteiger partial charge in [0.2, 0.25) is 27.7 Å². The van der Waals surface area contributed by atoms with Crippen LogP contribution in [0.5, 0.6) is 0 Å². The first-order valence-electron chi connectivity index (χ1n) is 17.6. The number of carbonyl (C=O) groups excluding carboxylic acids is 4. The number of carboxylic acids is 1. The Morgan fingerprint density at radius 3 is 2.19 bits per heavy atom. The van der Waals surface area contributed by atoms with Crippen molar-refractivity contribution < 1.29 is 37.5 Å². The topological polar surface area (TPSA) is 186 Å². The molecule has 0 spiro atoms. The van der Waals surface area contributed by atoms with Crippen LogP contribution in [0.1, 0.15) is 57.1 Å². The lowest BCUT2D eigenvalue weighted by Crippen LogP contribution is -2.53. The molecule has 1 aliphatic heterocycles. The number of nitrogens with zero attached hydrogens (tertiary/aromatic N) is 3. The van der Waals surface area contributed by atoms with Crippen molar-refractivity contribution in [3.8, 4) is 0 Å². The van der Waals surface area contributed by atoms with Crippen LogP contribution in [0.25, 0.3) is 0 Å². The molecule has 1 heterocycles. The molecule has 1 saturated heterocycles. The number of aryl methyl sites for hydroxylation is 1. The normalized spacial score (nSPS) is 15.0. The summed E-state index contributed by atoms with van der Waals surface area (Å²) in [6.07, 6.45) is 0.963. The molecule has 1 fully saturated rings. The van der Waals surface area contributed by atoms with E-state index in [9.17, 15) is 37.5 Å². The Balaban J connectivity index is 1.40. The molecule has 15 heteroatoms. The van der Waals surface area contributed by atoms with Gasteiger partial charge in [0, 0.05) is 37.9 Å². The molecular formula is C38H48N6O8S. The quantitative estimate of drug-likeness (QED) is 0.162. The van der Waals surface area contributed by atoms with Crippen LogP contribution in [0.2, 0.25) is 0 Å². The van der Waals surface area contributed by atoms with Gasteiger partial charge in [-0.1, -0.05) is 62.4 Å². The number of nitrogens with one attached hydrogen (secondary N) is 3. The lowest BCUT2D eigenvalue weighted by molar-refractivity contribution is -0.161. The van der Waals surface area contributed by atoms with Crippen molar-refractivity contribution in [1.82, 2.24) is 19.6 Å². The van der Waals surface area contributed by atoms with E-state index < -0.39 is 45.9 Å². The van der Waals surface area contributed by atoms with Crippen molar-refractivity contribution in [2.24, 2.45) is 5.92 Å². The molecule has 1 aliphatic rings. The number of hydrogen-bond donors (Lipinski definition) is 4. The number of sulfonamides is 1. The summed E-state index contributed by atoms with van der Waals surface area (Å²) in [6.45, 7) is 5.70. The molecule has 2 atom stereocenters. The zero-order chi connectivity index (χ0) is 38.7. The summed E-state index contributed by atoms with van der Waals surface area (Å²) in [5.41, 5.74) is 2.71. The van der Waals surface area contributed by atoms with Gasteiger partial charge in [0.05, 0.1) is 11.3 Å². The monoisotopic (exact) mass is 748 g/mol. The van der Waals surface area contributed by atoms with Gasteiger partial charge in [-0.2, -0.15) is 4.31 Å². The molecule has 4 N–H and O–H groups in total. The van der Waals surface area contributed by atoms with Crippen molar-refractivity contribution in [3.05, 3.63) is 90.0 Å². The Hall–Kier alpha value is -5.28. The predicted molar refractivity (Wildman–Crippen MR) is 200 cm³/mol. The summed E-state index contributed by atoms with van der Waals surface area (Å²) in [4.78, 5) is 65.1. The van der Waals surface area contributed by atoms with Crippen LogP contribution < -0.4 is 16.0 Å². The van der Waals surface area contributed by atoms with Crippen LogP contribution in [0, 0.1) is 12.8 Å². The molecule has 0 saturated carbocycles. The number of benzene rings is 3. The van der Waals surface area contributed by atoms with Crippen LogP contribution in [-0.4, -0.2) is 89.8 Å². The van der Waals surface area contributed by atoms with E-state index in [1.54, 1.807) is 48.5 Å². The fraction of sp³-hybridized carbons (Fsp3) is 0.395. The molecule has 4 rings (SSSR count). The van der Waals surface area contributed by atoms with Gasteiger partial charge in [0.1, 0.15) is 12.1 Å². The number of amides is 5. The number of anilines is 2. The van der Waals surface area contributed by atoms with Gasteiger partial charge >= 0.3 is 12.0 Å². The largest absolute Gasteiger partial charge is 0.480 e. The van der Waals surface area contributed by atoms with Crippen LogP contribution in [0.15, 0.2) is 83.8 Å². The highest BCUT2D eigenvalue weighted by molar-refractivity contribution is 7.89. The molecule has 0 unspecified atom stereocenters. The summed E-state index contributed by atoms with van der Waals surface area (Å²) in [7, 11) is -2.57. The first kappa shape index (κ1) is 40.5. The van der Waals surface area contributed by atoms with Gasteiger partial charge in [0.25, 0.3) is 0 Å². The van der Waals surface area contributed by atoms with E-state index >= 15 is 0 Å². The molecule has 284 valence electrons. The molecule has 53 heavy (non-hydrogen) atoms. The fourth-order valence-corrected chi connectivity index (χ4v) is 7.58. The number of hydrogen-bond acceptors (Lipinski definition) is 7. The summed E-state index contributed by atoms with van der Waals surface area (Å²) in [5.74, 6) is -2.74. The van der Waals surface area contributed by atoms with Crippen molar-refractivity contribution in [3.63, 3.8) is 0 Å². The lowest BCUT2D eigenvalue weighted by atomic mass is 10.1. The zero-order valence-electron chi connectivity index (χ0n) is 30.4. The van der Waals surface area contributed by atoms with E-state index in [0.717, 1.165) is 14.9 Å². The minimum Gasteiger partial charge on any atom is -0.480 e. The maximum absolute atomic E-state index is 13.5. The van der Waals surface area contributed by atoms with E-state index in [1.807, 2.05) is 39.0 Å². The minimum absolute atomic E-state index is 0.0339. The second-order valence-corrected chi connectivity index (χ2v) is 15.3. The third-order valence-electron chi connectivity index (χ3n) is 9.01. The fourth-order valence-electron chi connectivity index (χ4n) is 5.91. The van der Waals surface area contributed by atoms with Gasteiger partial charge < -0.3 is 21.1 Å². The third kappa shape index (κ3) is 11.1. The minimum atomic E-state index is -4.00. The highest BCUT2D eigenvalue weighted by Gasteiger charge is 2.40. The van der Waals surface area contributed by atoms with E-state index in [-0.39, 0.29) is 55.5 Å². The second-order valence-electron chi connectivity index (χ2n) is 13.4. The number of para-hydroxylation sites is 1. The molecule has 0 aliphatic carbocycles. The Morgan fingerprint density at radius 1 is 0.887 bits per heavy atom. The van der Waals surface area contributed by atoms with Crippen molar-refractivity contribution in [1.29, 1.82) is 0 Å². The van der Waals surface area contributed by atoms with E-state index in [0.29, 0.717) is 29.8 Å². The molecule has 0 aromatic heterocycles. The molecular weight excluding hydrogens is 701 g/mol. The standard InChI is InChI=1S/C38H48N6O8S/c1-26(2)16-21-34(45)43(42(4)35(46)25-28-17-19-29(20-18-28)39-38(50)41-31-14-9-8-11-27(31)3)24-22-32(37(48)49)40-36(47)33-15-10-23-44(33)53(51,52)30-12-6-5-7-13-30/h5-9,11-14,17-20,26,32-33H,10,15-16,21-25H2,1-4H3,(H,40,47)(H,48,49)(H2,39,41,50)/t32-,33-/m0/s1. The number of hydrazine groups is 1. The Labute approximate surface area is 310 Å². The Morgan fingerprint density at radius 2 is 1.55 bits per heavy atom. The van der Waals surface area contributed by atoms with Gasteiger partial charge in [-0.15, -0.1) is 0 Å². The number of carbonyl (C=O) groups is 5. The SMILES string of the molecule is Cc1ccccc1NC(=O)Nc1ccc(CC(=O)N(C)N(CC[C@H](NC(=O)[C@@H]2CCCN2S(=O)(=O)c2ccccc2)C(=O)O)C(=O)CCC(C)C)cc1. The maximum Gasteiger partial charge on any atom is 0.326 e. The summed E-state index contributed by atoms with van der Waals surface area (Å²) >= 11 is 0. The van der Waals surface area contributed by atoms with Gasteiger partial charge in [-0.25, -0.2) is 18.0 Å².